The number of morpholine rings is 1. The first-order valence-electron chi connectivity index (χ1n) is 12.9. The second-order valence-corrected chi connectivity index (χ2v) is 10.1. The lowest BCUT2D eigenvalue weighted by atomic mass is 9.94. The maximum absolute atomic E-state index is 13.3. The Labute approximate surface area is 218 Å². The summed E-state index contributed by atoms with van der Waals surface area (Å²) in [5.41, 5.74) is 1.98. The zero-order valence-corrected chi connectivity index (χ0v) is 21.8. The molecule has 0 spiro atoms. The highest BCUT2D eigenvalue weighted by atomic mass is 16.5. The Balaban J connectivity index is 1.65. The smallest absolute Gasteiger partial charge is 0.295 e. The van der Waals surface area contributed by atoms with Crippen molar-refractivity contribution >= 4 is 17.4 Å². The van der Waals surface area contributed by atoms with E-state index in [1.807, 2.05) is 6.92 Å². The standard InChI is InChI=1S/C29H36N2O6/c1-19(2)18-37-24-10-7-22(17-20(24)3)27(33)25-26(21-5-8-23(32)9-6-21)31(29(35)28(25)34)12-4-11-30-13-15-36-16-14-30/h5-10,17,19,26,32-33H,4,11-16,18H2,1-3H3/t26-/m1/s1. The van der Waals surface area contributed by atoms with E-state index in [2.05, 4.69) is 18.7 Å². The molecule has 198 valence electrons. The Hall–Kier alpha value is -3.36. The molecule has 1 amide bonds. The molecule has 37 heavy (non-hydrogen) atoms. The molecule has 0 aliphatic carbocycles. The minimum Gasteiger partial charge on any atom is -0.508 e. The van der Waals surface area contributed by atoms with Gasteiger partial charge >= 0.3 is 0 Å². The van der Waals surface area contributed by atoms with Crippen LogP contribution in [0.25, 0.3) is 5.76 Å². The van der Waals surface area contributed by atoms with Gasteiger partial charge in [0.05, 0.1) is 31.4 Å². The summed E-state index contributed by atoms with van der Waals surface area (Å²) in [7, 11) is 0. The number of Topliss-reactive ketones (excluding diaryl/α,β-unsaturated/α-hetero) is 1. The van der Waals surface area contributed by atoms with Gasteiger partial charge in [0.25, 0.3) is 11.7 Å². The first-order chi connectivity index (χ1) is 17.8. The summed E-state index contributed by atoms with van der Waals surface area (Å²) >= 11 is 0. The van der Waals surface area contributed by atoms with Crippen LogP contribution in [0.2, 0.25) is 0 Å². The highest BCUT2D eigenvalue weighted by Gasteiger charge is 2.45. The third-order valence-electron chi connectivity index (χ3n) is 6.75. The zero-order chi connectivity index (χ0) is 26.5. The summed E-state index contributed by atoms with van der Waals surface area (Å²) in [5, 5.41) is 21.1. The SMILES string of the molecule is Cc1cc(C(O)=C2C(=O)C(=O)N(CCCN3CCOCC3)[C@@H]2c2ccc(O)cc2)ccc1OCC(C)C. The first kappa shape index (κ1) is 26.7. The third kappa shape index (κ3) is 6.14. The van der Waals surface area contributed by atoms with Gasteiger partial charge in [-0.1, -0.05) is 26.0 Å². The predicted octanol–water partition coefficient (Wildman–Crippen LogP) is 3.88. The molecule has 2 heterocycles. The summed E-state index contributed by atoms with van der Waals surface area (Å²) < 4.78 is 11.3. The number of phenols is 1. The fourth-order valence-electron chi connectivity index (χ4n) is 4.77. The second-order valence-electron chi connectivity index (χ2n) is 10.1. The molecule has 8 heteroatoms. The maximum Gasteiger partial charge on any atom is 0.295 e. The average molecular weight is 509 g/mol. The summed E-state index contributed by atoms with van der Waals surface area (Å²) in [6.45, 7) is 10.8. The lowest BCUT2D eigenvalue weighted by Crippen LogP contribution is -2.38. The molecule has 0 bridgehead atoms. The van der Waals surface area contributed by atoms with E-state index in [9.17, 15) is 19.8 Å². The number of amides is 1. The van der Waals surface area contributed by atoms with Gasteiger partial charge in [0.2, 0.25) is 0 Å². The quantitative estimate of drug-likeness (QED) is 0.301. The van der Waals surface area contributed by atoms with E-state index in [4.69, 9.17) is 9.47 Å². The molecule has 0 saturated carbocycles. The number of aromatic hydroxyl groups is 1. The monoisotopic (exact) mass is 508 g/mol. The Bertz CT molecular complexity index is 1150. The van der Waals surface area contributed by atoms with E-state index in [0.717, 1.165) is 25.2 Å². The molecule has 8 nitrogen and oxygen atoms in total. The molecule has 0 aromatic heterocycles. The Morgan fingerprint density at radius 1 is 1.08 bits per heavy atom. The van der Waals surface area contributed by atoms with E-state index >= 15 is 0 Å². The number of likely N-dealkylation sites (tertiary alicyclic amines) is 1. The summed E-state index contributed by atoms with van der Waals surface area (Å²) in [5.74, 6) is -0.387. The van der Waals surface area contributed by atoms with Crippen molar-refractivity contribution in [3.63, 3.8) is 0 Å². The Morgan fingerprint density at radius 3 is 2.43 bits per heavy atom. The maximum atomic E-state index is 13.3. The van der Waals surface area contributed by atoms with E-state index in [1.165, 1.54) is 17.0 Å². The lowest BCUT2D eigenvalue weighted by molar-refractivity contribution is -0.140. The first-order valence-corrected chi connectivity index (χ1v) is 12.9. The number of phenolic OH excluding ortho intramolecular Hbond substituents is 1. The fraction of sp³-hybridized carbons (Fsp3) is 0.448. The summed E-state index contributed by atoms with van der Waals surface area (Å²) in [6.07, 6.45) is 0.683. The highest BCUT2D eigenvalue weighted by Crippen LogP contribution is 2.40. The van der Waals surface area contributed by atoms with Gasteiger partial charge in [0.15, 0.2) is 0 Å². The molecule has 0 unspecified atom stereocenters. The van der Waals surface area contributed by atoms with Crippen LogP contribution < -0.4 is 4.74 Å². The molecular formula is C29H36N2O6. The predicted molar refractivity (Wildman–Crippen MR) is 141 cm³/mol. The van der Waals surface area contributed by atoms with Crippen LogP contribution in [0.5, 0.6) is 11.5 Å². The number of carbonyl (C=O) groups excluding carboxylic acids is 2. The highest BCUT2D eigenvalue weighted by molar-refractivity contribution is 6.46. The van der Waals surface area contributed by atoms with Crippen LogP contribution in [0.4, 0.5) is 0 Å². The number of rotatable bonds is 9. The molecule has 0 radical (unpaired) electrons. The molecule has 4 rings (SSSR count). The van der Waals surface area contributed by atoms with Gasteiger partial charge in [-0.05, 0) is 60.7 Å². The molecular weight excluding hydrogens is 472 g/mol. The number of nitrogens with zero attached hydrogens (tertiary/aromatic N) is 2. The molecule has 2 fully saturated rings. The molecule has 1 atom stereocenters. The summed E-state index contributed by atoms with van der Waals surface area (Å²) in [6, 6.07) is 10.9. The average Bonchev–Trinajstić information content (AvgIpc) is 3.13. The molecule has 2 aromatic rings. The normalized spacial score (nSPS) is 20.1. The van der Waals surface area contributed by atoms with E-state index < -0.39 is 17.7 Å². The van der Waals surface area contributed by atoms with Crippen LogP contribution in [-0.4, -0.2) is 77.7 Å². The molecule has 2 aromatic carbocycles. The van der Waals surface area contributed by atoms with Crippen molar-refractivity contribution < 1.29 is 29.3 Å². The van der Waals surface area contributed by atoms with Crippen LogP contribution in [0.15, 0.2) is 48.0 Å². The van der Waals surface area contributed by atoms with Gasteiger partial charge < -0.3 is 24.6 Å². The number of ether oxygens (including phenoxy) is 2. The summed E-state index contributed by atoms with van der Waals surface area (Å²) in [4.78, 5) is 30.3. The Kier molecular flexibility index (Phi) is 8.51. The largest absolute Gasteiger partial charge is 0.508 e. The minimum atomic E-state index is -0.748. The van der Waals surface area contributed by atoms with Gasteiger partial charge in [0.1, 0.15) is 17.3 Å². The van der Waals surface area contributed by atoms with Crippen molar-refractivity contribution in [1.29, 1.82) is 0 Å². The number of hydrogen-bond donors (Lipinski definition) is 2. The van der Waals surface area contributed by atoms with Crippen molar-refractivity contribution in [2.24, 2.45) is 5.92 Å². The van der Waals surface area contributed by atoms with Crippen molar-refractivity contribution in [2.45, 2.75) is 33.2 Å². The minimum absolute atomic E-state index is 0.0531. The van der Waals surface area contributed by atoms with Crippen LogP contribution in [0.1, 0.15) is 43.0 Å². The number of aryl methyl sites for hydroxylation is 1. The van der Waals surface area contributed by atoms with Crippen LogP contribution in [-0.2, 0) is 14.3 Å². The van der Waals surface area contributed by atoms with E-state index in [0.29, 0.717) is 55.6 Å². The van der Waals surface area contributed by atoms with Crippen molar-refractivity contribution in [3.8, 4) is 11.5 Å². The molecule has 2 aliphatic rings. The molecule has 2 N–H and O–H groups in total. The van der Waals surface area contributed by atoms with Crippen LogP contribution >= 0.6 is 0 Å². The van der Waals surface area contributed by atoms with Crippen molar-refractivity contribution in [1.82, 2.24) is 9.80 Å². The van der Waals surface area contributed by atoms with E-state index in [1.54, 1.807) is 30.3 Å². The Morgan fingerprint density at radius 2 is 1.78 bits per heavy atom. The number of hydrogen-bond acceptors (Lipinski definition) is 7. The zero-order valence-electron chi connectivity index (χ0n) is 21.8. The number of benzene rings is 2. The number of ketones is 1. The molecule has 2 saturated heterocycles. The van der Waals surface area contributed by atoms with Crippen molar-refractivity contribution in [2.75, 3.05) is 46.0 Å². The van der Waals surface area contributed by atoms with Crippen LogP contribution in [0, 0.1) is 12.8 Å². The second kappa shape index (κ2) is 11.8. The number of aliphatic hydroxyl groups excluding tert-OH is 1. The van der Waals surface area contributed by atoms with E-state index in [-0.39, 0.29) is 17.1 Å². The number of aliphatic hydroxyl groups is 1. The van der Waals surface area contributed by atoms with Gasteiger partial charge in [0, 0.05) is 31.7 Å². The molecule has 2 aliphatic heterocycles. The number of carbonyl (C=O) groups is 2. The fourth-order valence-corrected chi connectivity index (χ4v) is 4.77. The third-order valence-corrected chi connectivity index (χ3v) is 6.75. The van der Waals surface area contributed by atoms with Gasteiger partial charge in [-0.2, -0.15) is 0 Å². The lowest BCUT2D eigenvalue weighted by Gasteiger charge is -2.29. The van der Waals surface area contributed by atoms with Gasteiger partial charge in [-0.3, -0.25) is 14.5 Å². The van der Waals surface area contributed by atoms with Gasteiger partial charge in [-0.25, -0.2) is 0 Å². The topological polar surface area (TPSA) is 99.5 Å². The van der Waals surface area contributed by atoms with Crippen molar-refractivity contribution in [3.05, 3.63) is 64.7 Å². The van der Waals surface area contributed by atoms with Crippen LogP contribution in [0.3, 0.4) is 0 Å². The van der Waals surface area contributed by atoms with Gasteiger partial charge in [-0.15, -0.1) is 0 Å².